The van der Waals surface area contributed by atoms with Crippen molar-refractivity contribution in [3.63, 3.8) is 0 Å². The van der Waals surface area contributed by atoms with Crippen LogP contribution in [0.4, 0.5) is 5.69 Å². The van der Waals surface area contributed by atoms with Gasteiger partial charge >= 0.3 is 0 Å². The zero-order chi connectivity index (χ0) is 15.9. The lowest BCUT2D eigenvalue weighted by Crippen LogP contribution is -2.36. The van der Waals surface area contributed by atoms with Crippen LogP contribution in [0.2, 0.25) is 0 Å². The molecule has 0 atom stereocenters. The molecule has 0 aliphatic rings. The van der Waals surface area contributed by atoms with Crippen molar-refractivity contribution in [1.82, 2.24) is 4.31 Å². The summed E-state index contributed by atoms with van der Waals surface area (Å²) in [6.45, 7) is 3.18. The van der Waals surface area contributed by atoms with Gasteiger partial charge in [0.25, 0.3) is 0 Å². The average molecular weight is 316 g/mol. The molecule has 0 spiro atoms. The minimum atomic E-state index is -3.60. The minimum absolute atomic E-state index is 0.199. The predicted molar refractivity (Wildman–Crippen MR) is 82.7 cm³/mol. The summed E-state index contributed by atoms with van der Waals surface area (Å²) in [6.07, 6.45) is 0.767. The largest absolute Gasteiger partial charge is 0.398 e. The fourth-order valence-electron chi connectivity index (χ4n) is 1.94. The molecule has 0 amide bonds. The third-order valence-electron chi connectivity index (χ3n) is 3.23. The molecule has 0 aliphatic carbocycles. The highest BCUT2D eigenvalue weighted by Crippen LogP contribution is 2.21. The van der Waals surface area contributed by atoms with Gasteiger partial charge in [0.2, 0.25) is 10.0 Å². The average Bonchev–Trinajstić information content (AvgIpc) is 2.47. The molecule has 0 unspecified atom stereocenters. The summed E-state index contributed by atoms with van der Waals surface area (Å²) in [5, 5.41) is 0. The smallest absolute Gasteiger partial charge is 0.243 e. The van der Waals surface area contributed by atoms with Gasteiger partial charge in [-0.3, -0.25) is 0 Å². The first-order valence-corrected chi connectivity index (χ1v) is 8.27. The highest BCUT2D eigenvalue weighted by Gasteiger charge is 2.24. The van der Waals surface area contributed by atoms with Crippen LogP contribution >= 0.6 is 0 Å². The monoisotopic (exact) mass is 316 g/mol. The summed E-state index contributed by atoms with van der Waals surface area (Å²) < 4.78 is 36.6. The van der Waals surface area contributed by atoms with E-state index in [4.69, 9.17) is 15.2 Å². The maximum absolute atomic E-state index is 12.7. The second-order valence-electron chi connectivity index (χ2n) is 4.60. The Morgan fingerprint density at radius 2 is 1.71 bits per heavy atom. The molecule has 0 radical (unpaired) electrons. The fraction of sp³-hybridized carbons (Fsp3) is 0.571. The van der Waals surface area contributed by atoms with Crippen LogP contribution in [0, 0.1) is 0 Å². The van der Waals surface area contributed by atoms with Gasteiger partial charge in [-0.15, -0.1) is 0 Å². The van der Waals surface area contributed by atoms with E-state index in [-0.39, 0.29) is 18.0 Å². The number of methoxy groups -OCH3 is 2. The molecular weight excluding hydrogens is 292 g/mol. The summed E-state index contributed by atoms with van der Waals surface area (Å²) in [5.41, 5.74) is 7.33. The number of sulfonamides is 1. The Labute approximate surface area is 126 Å². The van der Waals surface area contributed by atoms with E-state index in [1.165, 1.54) is 24.6 Å². The number of hydrogen-bond donors (Lipinski definition) is 1. The second-order valence-corrected chi connectivity index (χ2v) is 6.54. The van der Waals surface area contributed by atoms with E-state index in [2.05, 4.69) is 0 Å². The zero-order valence-corrected chi connectivity index (χ0v) is 13.6. The van der Waals surface area contributed by atoms with E-state index in [9.17, 15) is 8.42 Å². The SMILES string of the molecule is CCc1ccc(S(=O)(=O)N(CCOC)CCOC)cc1N. The van der Waals surface area contributed by atoms with Crippen LogP contribution < -0.4 is 5.73 Å². The third kappa shape index (κ3) is 4.67. The normalized spacial score (nSPS) is 12.0. The van der Waals surface area contributed by atoms with Crippen LogP contribution in [0.5, 0.6) is 0 Å². The minimum Gasteiger partial charge on any atom is -0.398 e. The molecule has 120 valence electrons. The first kappa shape index (κ1) is 17.9. The number of anilines is 1. The lowest BCUT2D eigenvalue weighted by atomic mass is 10.1. The molecule has 7 heteroatoms. The van der Waals surface area contributed by atoms with Crippen LogP contribution in [0.3, 0.4) is 0 Å². The number of benzene rings is 1. The number of hydrogen-bond acceptors (Lipinski definition) is 5. The lowest BCUT2D eigenvalue weighted by molar-refractivity contribution is 0.150. The van der Waals surface area contributed by atoms with Gasteiger partial charge in [-0.2, -0.15) is 4.31 Å². The Hall–Kier alpha value is -1.15. The Balaban J connectivity index is 3.06. The number of rotatable bonds is 9. The molecule has 0 bridgehead atoms. The summed E-state index contributed by atoms with van der Waals surface area (Å²) in [4.78, 5) is 0.199. The van der Waals surface area contributed by atoms with Gasteiger partial charge in [0.15, 0.2) is 0 Å². The van der Waals surface area contributed by atoms with Crippen molar-refractivity contribution in [2.75, 3.05) is 46.3 Å². The topological polar surface area (TPSA) is 81.9 Å². The standard InChI is InChI=1S/C14H24N2O4S/c1-4-12-5-6-13(11-14(12)15)21(17,18)16(7-9-19-2)8-10-20-3/h5-6,11H,4,7-10,15H2,1-3H3. The van der Waals surface area contributed by atoms with E-state index in [0.29, 0.717) is 18.9 Å². The summed E-state index contributed by atoms with van der Waals surface area (Å²) in [5.74, 6) is 0. The van der Waals surface area contributed by atoms with Gasteiger partial charge in [0.05, 0.1) is 18.1 Å². The third-order valence-corrected chi connectivity index (χ3v) is 5.12. The number of nitrogens with two attached hydrogens (primary N) is 1. The zero-order valence-electron chi connectivity index (χ0n) is 12.8. The molecule has 0 saturated carbocycles. The van der Waals surface area contributed by atoms with Gasteiger partial charge in [-0.1, -0.05) is 13.0 Å². The van der Waals surface area contributed by atoms with Crippen molar-refractivity contribution in [1.29, 1.82) is 0 Å². The van der Waals surface area contributed by atoms with Gasteiger partial charge in [0.1, 0.15) is 0 Å². The molecule has 1 aromatic carbocycles. The van der Waals surface area contributed by atoms with E-state index in [1.54, 1.807) is 12.1 Å². The van der Waals surface area contributed by atoms with Crippen molar-refractivity contribution in [2.24, 2.45) is 0 Å². The number of nitrogens with zero attached hydrogens (tertiary/aromatic N) is 1. The Morgan fingerprint density at radius 3 is 2.14 bits per heavy atom. The van der Waals surface area contributed by atoms with Gasteiger partial charge < -0.3 is 15.2 Å². The summed E-state index contributed by atoms with van der Waals surface area (Å²) >= 11 is 0. The van der Waals surface area contributed by atoms with Gasteiger partial charge in [-0.05, 0) is 24.1 Å². The molecule has 0 saturated heterocycles. The molecule has 1 aromatic rings. The maximum Gasteiger partial charge on any atom is 0.243 e. The Kier molecular flexibility index (Phi) is 7.10. The highest BCUT2D eigenvalue weighted by atomic mass is 32.2. The first-order chi connectivity index (χ1) is 9.97. The van der Waals surface area contributed by atoms with E-state index < -0.39 is 10.0 Å². The molecule has 0 heterocycles. The quantitative estimate of drug-likeness (QED) is 0.690. The lowest BCUT2D eigenvalue weighted by Gasteiger charge is -2.22. The van der Waals surface area contributed by atoms with Crippen molar-refractivity contribution in [3.8, 4) is 0 Å². The van der Waals surface area contributed by atoms with Crippen molar-refractivity contribution in [2.45, 2.75) is 18.2 Å². The summed E-state index contributed by atoms with van der Waals surface area (Å²) in [7, 11) is -0.526. The van der Waals surface area contributed by atoms with Crippen LogP contribution in [0.15, 0.2) is 23.1 Å². The first-order valence-electron chi connectivity index (χ1n) is 6.83. The van der Waals surface area contributed by atoms with E-state index >= 15 is 0 Å². The van der Waals surface area contributed by atoms with E-state index in [1.807, 2.05) is 6.92 Å². The van der Waals surface area contributed by atoms with E-state index in [0.717, 1.165) is 12.0 Å². The van der Waals surface area contributed by atoms with Crippen molar-refractivity contribution >= 4 is 15.7 Å². The van der Waals surface area contributed by atoms with Crippen molar-refractivity contribution < 1.29 is 17.9 Å². The number of nitrogen functional groups attached to an aromatic ring is 1. The molecule has 21 heavy (non-hydrogen) atoms. The number of ether oxygens (including phenoxy) is 2. The Morgan fingerprint density at radius 1 is 1.14 bits per heavy atom. The molecular formula is C14H24N2O4S. The predicted octanol–water partition coefficient (Wildman–Crippen LogP) is 1.11. The van der Waals surface area contributed by atoms with Crippen molar-refractivity contribution in [3.05, 3.63) is 23.8 Å². The summed E-state index contributed by atoms with van der Waals surface area (Å²) in [6, 6.07) is 4.87. The Bertz CT molecular complexity index is 538. The molecule has 2 N–H and O–H groups in total. The molecule has 1 rings (SSSR count). The van der Waals surface area contributed by atoms with Crippen LogP contribution in [-0.4, -0.2) is 53.2 Å². The number of aryl methyl sites for hydroxylation is 1. The highest BCUT2D eigenvalue weighted by molar-refractivity contribution is 7.89. The van der Waals surface area contributed by atoms with Gasteiger partial charge in [0, 0.05) is 33.0 Å². The molecule has 0 aliphatic heterocycles. The van der Waals surface area contributed by atoms with Crippen LogP contribution in [0.25, 0.3) is 0 Å². The molecule has 6 nitrogen and oxygen atoms in total. The second kappa shape index (κ2) is 8.33. The van der Waals surface area contributed by atoms with Gasteiger partial charge in [-0.25, -0.2) is 8.42 Å². The molecule has 0 aromatic heterocycles. The van der Waals surface area contributed by atoms with Crippen LogP contribution in [0.1, 0.15) is 12.5 Å². The van der Waals surface area contributed by atoms with Crippen LogP contribution in [-0.2, 0) is 25.9 Å². The maximum atomic E-state index is 12.7. The molecule has 0 fully saturated rings. The fourth-order valence-corrected chi connectivity index (χ4v) is 3.39.